The molecule has 1 rings (SSSR count). The summed E-state index contributed by atoms with van der Waals surface area (Å²) in [7, 11) is 0. The van der Waals surface area contributed by atoms with Gasteiger partial charge in [-0.15, -0.1) is 0 Å². The van der Waals surface area contributed by atoms with Gasteiger partial charge in [0, 0.05) is 21.5 Å². The molecule has 51 valence electrons. The van der Waals surface area contributed by atoms with Gasteiger partial charge in [0.05, 0.1) is 12.7 Å². The Balaban J connectivity index is 0.000000640. The van der Waals surface area contributed by atoms with Gasteiger partial charge in [0.15, 0.2) is 0 Å². The number of ether oxygens (including phenoxy) is 1. The van der Waals surface area contributed by atoms with Crippen LogP contribution in [-0.4, -0.2) is 34.2 Å². The van der Waals surface area contributed by atoms with E-state index in [9.17, 15) is 0 Å². The maximum Gasteiger partial charge on any atom is 0.0697 e. The molecule has 1 unspecified atom stereocenters. The normalized spacial score (nSPS) is 27.0. The van der Waals surface area contributed by atoms with Crippen LogP contribution in [0.15, 0.2) is 0 Å². The Hall–Kier alpha value is -0.0151. The van der Waals surface area contributed by atoms with E-state index in [0.717, 1.165) is 26.1 Å². The molecule has 1 atom stereocenters. The highest BCUT2D eigenvalue weighted by Crippen LogP contribution is 1.98. The molecule has 2 nitrogen and oxygen atoms in total. The number of morpholine rings is 1. The average Bonchev–Trinajstić information content (AvgIpc) is 1.90. The first-order valence-corrected chi connectivity index (χ1v) is 3.26. The Bertz CT molecular complexity index is 64.1. The molecule has 1 aliphatic heterocycles. The van der Waals surface area contributed by atoms with Gasteiger partial charge in [0.25, 0.3) is 0 Å². The zero-order chi connectivity index (χ0) is 5.82. The average molecular weight is 126 g/mol. The molecule has 0 saturated carbocycles. The minimum absolute atomic E-state index is 0. The summed E-state index contributed by atoms with van der Waals surface area (Å²) in [6, 6.07) is 0. The van der Waals surface area contributed by atoms with E-state index in [-0.39, 0.29) is 8.41 Å². The van der Waals surface area contributed by atoms with Gasteiger partial charge >= 0.3 is 0 Å². The maximum absolute atomic E-state index is 5.36. The van der Waals surface area contributed by atoms with Gasteiger partial charge in [-0.2, -0.15) is 0 Å². The second kappa shape index (κ2) is 4.83. The first kappa shape index (κ1) is 8.98. The molecule has 0 spiro atoms. The molecular formula is C6H13BNO. The summed E-state index contributed by atoms with van der Waals surface area (Å²) in [6.45, 7) is 5.10. The Labute approximate surface area is 58.5 Å². The molecule has 3 radical (unpaired) electrons. The van der Waals surface area contributed by atoms with Crippen molar-refractivity contribution in [3.05, 3.63) is 0 Å². The maximum atomic E-state index is 5.36. The Morgan fingerprint density at radius 1 is 1.67 bits per heavy atom. The van der Waals surface area contributed by atoms with E-state index in [2.05, 4.69) is 12.2 Å². The van der Waals surface area contributed by atoms with Gasteiger partial charge in [-0.05, 0) is 6.42 Å². The van der Waals surface area contributed by atoms with Crippen LogP contribution in [-0.2, 0) is 4.74 Å². The molecular weight excluding hydrogens is 113 g/mol. The summed E-state index contributed by atoms with van der Waals surface area (Å²) in [5.74, 6) is 0. The van der Waals surface area contributed by atoms with Crippen molar-refractivity contribution < 1.29 is 4.74 Å². The highest BCUT2D eigenvalue weighted by molar-refractivity contribution is 5.75. The molecule has 1 fully saturated rings. The molecule has 0 aromatic rings. The number of nitrogens with one attached hydrogen (secondary N) is 1. The van der Waals surface area contributed by atoms with Gasteiger partial charge in [0.1, 0.15) is 0 Å². The van der Waals surface area contributed by atoms with Crippen molar-refractivity contribution in [3.63, 3.8) is 0 Å². The molecule has 1 saturated heterocycles. The van der Waals surface area contributed by atoms with Gasteiger partial charge in [-0.3, -0.25) is 0 Å². The molecule has 0 aliphatic carbocycles. The lowest BCUT2D eigenvalue weighted by atomic mass is 10.2. The molecule has 1 heterocycles. The van der Waals surface area contributed by atoms with E-state index >= 15 is 0 Å². The second-order valence-electron chi connectivity index (χ2n) is 2.11. The van der Waals surface area contributed by atoms with Crippen molar-refractivity contribution in [1.29, 1.82) is 0 Å². The number of rotatable bonds is 1. The summed E-state index contributed by atoms with van der Waals surface area (Å²) in [4.78, 5) is 0. The van der Waals surface area contributed by atoms with Crippen LogP contribution in [0.2, 0.25) is 0 Å². The van der Waals surface area contributed by atoms with Crippen LogP contribution in [0.3, 0.4) is 0 Å². The minimum Gasteiger partial charge on any atom is -0.376 e. The monoisotopic (exact) mass is 126 g/mol. The van der Waals surface area contributed by atoms with Crippen molar-refractivity contribution in [2.45, 2.75) is 19.4 Å². The molecule has 1 aliphatic rings. The summed E-state index contributed by atoms with van der Waals surface area (Å²) in [6.07, 6.45) is 1.61. The Kier molecular flexibility index (Phi) is 4.82. The van der Waals surface area contributed by atoms with E-state index in [1.807, 2.05) is 0 Å². The second-order valence-corrected chi connectivity index (χ2v) is 2.11. The summed E-state index contributed by atoms with van der Waals surface area (Å²) < 4.78 is 5.36. The van der Waals surface area contributed by atoms with E-state index in [1.54, 1.807) is 0 Å². The molecule has 0 bridgehead atoms. The van der Waals surface area contributed by atoms with Gasteiger partial charge in [-0.25, -0.2) is 0 Å². The smallest absolute Gasteiger partial charge is 0.0697 e. The summed E-state index contributed by atoms with van der Waals surface area (Å²) >= 11 is 0. The fourth-order valence-electron chi connectivity index (χ4n) is 0.882. The first-order valence-electron chi connectivity index (χ1n) is 3.26. The van der Waals surface area contributed by atoms with Crippen LogP contribution in [0.25, 0.3) is 0 Å². The lowest BCUT2D eigenvalue weighted by Crippen LogP contribution is -2.37. The highest BCUT2D eigenvalue weighted by atomic mass is 16.5. The standard InChI is InChI=1S/C6H13NO.B/c1-2-6-5-7-3-4-8-6;/h6-7H,2-5H2,1H3;. The van der Waals surface area contributed by atoms with Crippen LogP contribution in [0, 0.1) is 0 Å². The van der Waals surface area contributed by atoms with E-state index in [0.29, 0.717) is 6.10 Å². The first-order chi connectivity index (χ1) is 3.93. The van der Waals surface area contributed by atoms with Crippen LogP contribution < -0.4 is 5.32 Å². The van der Waals surface area contributed by atoms with E-state index < -0.39 is 0 Å². The van der Waals surface area contributed by atoms with Gasteiger partial charge < -0.3 is 10.1 Å². The van der Waals surface area contributed by atoms with Crippen molar-refractivity contribution in [2.75, 3.05) is 19.7 Å². The van der Waals surface area contributed by atoms with Gasteiger partial charge in [0.2, 0.25) is 0 Å². The third-order valence-electron chi connectivity index (χ3n) is 1.46. The predicted octanol–water partition coefficient (Wildman–Crippen LogP) is 0.00400. The largest absolute Gasteiger partial charge is 0.376 e. The SMILES string of the molecule is CCC1CNCCO1.[B]. The van der Waals surface area contributed by atoms with E-state index in [4.69, 9.17) is 4.74 Å². The molecule has 9 heavy (non-hydrogen) atoms. The quantitative estimate of drug-likeness (QED) is 0.499. The summed E-state index contributed by atoms with van der Waals surface area (Å²) in [5.41, 5.74) is 0. The van der Waals surface area contributed by atoms with Crippen LogP contribution in [0.5, 0.6) is 0 Å². The highest BCUT2D eigenvalue weighted by Gasteiger charge is 2.08. The van der Waals surface area contributed by atoms with Crippen molar-refractivity contribution in [2.24, 2.45) is 0 Å². The Morgan fingerprint density at radius 3 is 2.78 bits per heavy atom. The third-order valence-corrected chi connectivity index (χ3v) is 1.46. The van der Waals surface area contributed by atoms with Crippen LogP contribution in [0.1, 0.15) is 13.3 Å². The zero-order valence-corrected chi connectivity index (χ0v) is 5.89. The molecule has 0 amide bonds. The lowest BCUT2D eigenvalue weighted by Gasteiger charge is -2.21. The summed E-state index contributed by atoms with van der Waals surface area (Å²) in [5, 5.41) is 3.26. The van der Waals surface area contributed by atoms with Crippen molar-refractivity contribution >= 4 is 8.41 Å². The predicted molar refractivity (Wildman–Crippen MR) is 38.7 cm³/mol. The zero-order valence-electron chi connectivity index (χ0n) is 5.89. The van der Waals surface area contributed by atoms with Crippen molar-refractivity contribution in [1.82, 2.24) is 5.32 Å². The number of hydrogen-bond donors (Lipinski definition) is 1. The fourth-order valence-corrected chi connectivity index (χ4v) is 0.882. The minimum atomic E-state index is 0. The van der Waals surface area contributed by atoms with Crippen molar-refractivity contribution in [3.8, 4) is 0 Å². The fraction of sp³-hybridized carbons (Fsp3) is 1.00. The molecule has 1 N–H and O–H groups in total. The lowest BCUT2D eigenvalue weighted by molar-refractivity contribution is 0.0267. The van der Waals surface area contributed by atoms with E-state index in [1.165, 1.54) is 0 Å². The van der Waals surface area contributed by atoms with Crippen LogP contribution in [0.4, 0.5) is 0 Å². The molecule has 3 heteroatoms. The van der Waals surface area contributed by atoms with Crippen LogP contribution >= 0.6 is 0 Å². The van der Waals surface area contributed by atoms with Gasteiger partial charge in [-0.1, -0.05) is 6.92 Å². The third kappa shape index (κ3) is 2.87. The molecule has 0 aromatic heterocycles. The number of hydrogen-bond acceptors (Lipinski definition) is 2. The topological polar surface area (TPSA) is 21.3 Å². The molecule has 0 aromatic carbocycles. The Morgan fingerprint density at radius 2 is 2.44 bits per heavy atom.